The SMILES string of the molecule is CNC(=O)c1cccc(CCNC(=NCC(=O)N(C)C)NCCOC)c1. The maximum absolute atomic E-state index is 11.7. The van der Waals surface area contributed by atoms with E-state index in [2.05, 4.69) is 20.9 Å². The molecule has 0 unspecified atom stereocenters. The van der Waals surface area contributed by atoms with Crippen LogP contribution in [0.25, 0.3) is 0 Å². The summed E-state index contributed by atoms with van der Waals surface area (Å²) in [6.07, 6.45) is 0.720. The highest BCUT2D eigenvalue weighted by atomic mass is 16.5. The van der Waals surface area contributed by atoms with Crippen molar-refractivity contribution in [3.05, 3.63) is 35.4 Å². The van der Waals surface area contributed by atoms with E-state index in [-0.39, 0.29) is 18.4 Å². The predicted octanol–water partition coefficient (Wildman–Crippen LogP) is -0.141. The number of rotatable bonds is 9. The lowest BCUT2D eigenvalue weighted by Crippen LogP contribution is -2.40. The minimum atomic E-state index is -0.106. The second kappa shape index (κ2) is 11.9. The molecule has 26 heavy (non-hydrogen) atoms. The van der Waals surface area contributed by atoms with E-state index in [0.717, 1.165) is 12.0 Å². The van der Waals surface area contributed by atoms with E-state index in [1.54, 1.807) is 34.3 Å². The van der Waals surface area contributed by atoms with Crippen molar-refractivity contribution in [2.75, 3.05) is 54.5 Å². The van der Waals surface area contributed by atoms with Gasteiger partial charge in [-0.25, -0.2) is 4.99 Å². The van der Waals surface area contributed by atoms with Crippen LogP contribution in [0.5, 0.6) is 0 Å². The number of carbonyl (C=O) groups is 2. The fourth-order valence-electron chi connectivity index (χ4n) is 2.07. The van der Waals surface area contributed by atoms with Gasteiger partial charge in [-0.05, 0) is 24.1 Å². The maximum atomic E-state index is 11.7. The summed E-state index contributed by atoms with van der Waals surface area (Å²) in [6, 6.07) is 7.48. The Labute approximate surface area is 155 Å². The Morgan fingerprint density at radius 3 is 2.58 bits per heavy atom. The topological polar surface area (TPSA) is 95.1 Å². The zero-order valence-corrected chi connectivity index (χ0v) is 16.0. The molecule has 0 saturated heterocycles. The zero-order chi connectivity index (χ0) is 19.4. The first-order valence-electron chi connectivity index (χ1n) is 8.50. The van der Waals surface area contributed by atoms with Crippen LogP contribution in [0.4, 0.5) is 0 Å². The molecule has 1 rings (SSSR count). The van der Waals surface area contributed by atoms with Crippen LogP contribution in [0.2, 0.25) is 0 Å². The zero-order valence-electron chi connectivity index (χ0n) is 16.0. The average Bonchev–Trinajstić information content (AvgIpc) is 2.64. The summed E-state index contributed by atoms with van der Waals surface area (Å²) in [5.74, 6) is 0.376. The van der Waals surface area contributed by atoms with Crippen molar-refractivity contribution in [1.82, 2.24) is 20.9 Å². The number of guanidine groups is 1. The minimum Gasteiger partial charge on any atom is -0.383 e. The lowest BCUT2D eigenvalue weighted by molar-refractivity contribution is -0.127. The highest BCUT2D eigenvalue weighted by Crippen LogP contribution is 2.05. The van der Waals surface area contributed by atoms with Crippen molar-refractivity contribution < 1.29 is 14.3 Å². The van der Waals surface area contributed by atoms with Gasteiger partial charge in [0.05, 0.1) is 6.61 Å². The first-order chi connectivity index (χ1) is 12.5. The smallest absolute Gasteiger partial charge is 0.251 e. The van der Waals surface area contributed by atoms with Crippen LogP contribution >= 0.6 is 0 Å². The molecule has 0 atom stereocenters. The van der Waals surface area contributed by atoms with E-state index in [1.807, 2.05) is 18.2 Å². The van der Waals surface area contributed by atoms with Crippen LogP contribution in [0.3, 0.4) is 0 Å². The number of ether oxygens (including phenoxy) is 1. The molecule has 0 aliphatic heterocycles. The van der Waals surface area contributed by atoms with E-state index >= 15 is 0 Å². The summed E-state index contributed by atoms with van der Waals surface area (Å²) in [5, 5.41) is 8.93. The van der Waals surface area contributed by atoms with Crippen molar-refractivity contribution in [3.63, 3.8) is 0 Å². The number of amides is 2. The number of benzene rings is 1. The lowest BCUT2D eigenvalue weighted by Gasteiger charge is -2.14. The van der Waals surface area contributed by atoms with Crippen LogP contribution in [0, 0.1) is 0 Å². The monoisotopic (exact) mass is 363 g/mol. The largest absolute Gasteiger partial charge is 0.383 e. The van der Waals surface area contributed by atoms with Crippen LogP contribution in [0.15, 0.2) is 29.3 Å². The number of methoxy groups -OCH3 is 1. The normalized spacial score (nSPS) is 11.0. The van der Waals surface area contributed by atoms with Crippen molar-refractivity contribution in [2.24, 2.45) is 4.99 Å². The van der Waals surface area contributed by atoms with E-state index in [1.165, 1.54) is 4.90 Å². The molecule has 0 aliphatic carbocycles. The van der Waals surface area contributed by atoms with Crippen molar-refractivity contribution >= 4 is 17.8 Å². The molecule has 8 nitrogen and oxygen atoms in total. The first-order valence-corrected chi connectivity index (χ1v) is 8.50. The molecule has 0 heterocycles. The molecular weight excluding hydrogens is 334 g/mol. The van der Waals surface area contributed by atoms with E-state index in [4.69, 9.17) is 4.74 Å². The number of likely N-dealkylation sites (N-methyl/N-ethyl adjacent to an activating group) is 1. The van der Waals surface area contributed by atoms with Gasteiger partial charge in [0, 0.05) is 46.9 Å². The van der Waals surface area contributed by atoms with E-state index < -0.39 is 0 Å². The molecule has 0 aliphatic rings. The second-order valence-electron chi connectivity index (χ2n) is 5.83. The lowest BCUT2D eigenvalue weighted by atomic mass is 10.1. The molecule has 0 radical (unpaired) electrons. The van der Waals surface area contributed by atoms with Gasteiger partial charge >= 0.3 is 0 Å². The Bertz CT molecular complexity index is 617. The third kappa shape index (κ3) is 7.98. The third-order valence-corrected chi connectivity index (χ3v) is 3.59. The van der Waals surface area contributed by atoms with Crippen molar-refractivity contribution in [1.29, 1.82) is 0 Å². The van der Waals surface area contributed by atoms with Gasteiger partial charge in [-0.1, -0.05) is 12.1 Å². The van der Waals surface area contributed by atoms with Gasteiger partial charge in [0.15, 0.2) is 5.96 Å². The average molecular weight is 363 g/mol. The highest BCUT2D eigenvalue weighted by molar-refractivity contribution is 5.94. The Morgan fingerprint density at radius 1 is 1.19 bits per heavy atom. The molecule has 1 aromatic rings. The van der Waals surface area contributed by atoms with Gasteiger partial charge in [0.1, 0.15) is 6.54 Å². The summed E-state index contributed by atoms with van der Waals surface area (Å²) in [7, 11) is 6.63. The van der Waals surface area contributed by atoms with Gasteiger partial charge in [-0.15, -0.1) is 0 Å². The van der Waals surface area contributed by atoms with E-state index in [0.29, 0.717) is 31.2 Å². The number of hydrogen-bond acceptors (Lipinski definition) is 4. The molecule has 1 aromatic carbocycles. The third-order valence-electron chi connectivity index (χ3n) is 3.59. The standard InChI is InChI=1S/C18H29N5O3/c1-19-17(25)15-7-5-6-14(12-15)8-9-20-18(21-10-11-26-4)22-13-16(24)23(2)3/h5-7,12H,8-11,13H2,1-4H3,(H,19,25)(H2,20,21,22). The number of nitrogens with zero attached hydrogens (tertiary/aromatic N) is 2. The second-order valence-corrected chi connectivity index (χ2v) is 5.83. The molecule has 0 bridgehead atoms. The Balaban J connectivity index is 2.60. The minimum absolute atomic E-state index is 0.0709. The maximum Gasteiger partial charge on any atom is 0.251 e. The quantitative estimate of drug-likeness (QED) is 0.322. The summed E-state index contributed by atoms with van der Waals surface area (Å²) >= 11 is 0. The van der Waals surface area contributed by atoms with Crippen LogP contribution in [0.1, 0.15) is 15.9 Å². The summed E-state index contributed by atoms with van der Waals surface area (Å²) < 4.78 is 5.02. The molecule has 0 saturated carbocycles. The molecule has 3 N–H and O–H groups in total. The summed E-state index contributed by atoms with van der Waals surface area (Å²) in [4.78, 5) is 29.2. The Kier molecular flexibility index (Phi) is 9.78. The molecule has 144 valence electrons. The van der Waals surface area contributed by atoms with E-state index in [9.17, 15) is 9.59 Å². The first kappa shape index (κ1) is 21.4. The summed E-state index contributed by atoms with van der Waals surface area (Å²) in [5.41, 5.74) is 1.67. The molecular formula is C18H29N5O3. The highest BCUT2D eigenvalue weighted by Gasteiger charge is 2.06. The van der Waals surface area contributed by atoms with Gasteiger partial charge in [0.2, 0.25) is 5.91 Å². The molecule has 2 amide bonds. The van der Waals surface area contributed by atoms with Crippen molar-refractivity contribution in [3.8, 4) is 0 Å². The van der Waals surface area contributed by atoms with Gasteiger partial charge < -0.3 is 25.6 Å². The molecule has 8 heteroatoms. The Hall–Kier alpha value is -2.61. The molecule has 0 spiro atoms. The number of hydrogen-bond donors (Lipinski definition) is 3. The van der Waals surface area contributed by atoms with Gasteiger partial charge in [-0.2, -0.15) is 0 Å². The number of carbonyl (C=O) groups excluding carboxylic acids is 2. The molecule has 0 fully saturated rings. The van der Waals surface area contributed by atoms with Gasteiger partial charge in [0.25, 0.3) is 5.91 Å². The van der Waals surface area contributed by atoms with Gasteiger partial charge in [-0.3, -0.25) is 9.59 Å². The van der Waals surface area contributed by atoms with Crippen LogP contribution in [-0.4, -0.2) is 77.2 Å². The van der Waals surface area contributed by atoms with Crippen LogP contribution in [-0.2, 0) is 16.0 Å². The summed E-state index contributed by atoms with van der Waals surface area (Å²) in [6.45, 7) is 1.81. The number of aliphatic imine (C=N–C) groups is 1. The molecule has 0 aromatic heterocycles. The number of nitrogens with one attached hydrogen (secondary N) is 3. The Morgan fingerprint density at radius 2 is 1.92 bits per heavy atom. The van der Waals surface area contributed by atoms with Crippen LogP contribution < -0.4 is 16.0 Å². The fourth-order valence-corrected chi connectivity index (χ4v) is 2.07. The predicted molar refractivity (Wildman–Crippen MR) is 102 cm³/mol. The fraction of sp³-hybridized carbons (Fsp3) is 0.500. The van der Waals surface area contributed by atoms with Crippen molar-refractivity contribution in [2.45, 2.75) is 6.42 Å².